The fourth-order valence-electron chi connectivity index (χ4n) is 7.40. The molecule has 0 atom stereocenters. The second-order valence-electron chi connectivity index (χ2n) is 14.7. The van der Waals surface area contributed by atoms with Crippen LogP contribution in [0.2, 0.25) is 39.3 Å². The van der Waals surface area contributed by atoms with Gasteiger partial charge in [-0.2, -0.15) is 0 Å². The summed E-state index contributed by atoms with van der Waals surface area (Å²) >= 11 is -2.77. The molecule has 2 aliphatic carbocycles. The van der Waals surface area contributed by atoms with E-state index in [2.05, 4.69) is 156 Å². The molecule has 0 radical (unpaired) electrons. The van der Waals surface area contributed by atoms with Gasteiger partial charge < -0.3 is 0 Å². The molecule has 0 fully saturated rings. The van der Waals surface area contributed by atoms with Crippen molar-refractivity contribution in [2.75, 3.05) is 0 Å². The van der Waals surface area contributed by atoms with E-state index in [-0.39, 0.29) is 0 Å². The number of rotatable bonds is 8. The maximum absolute atomic E-state index is 2.81. The predicted molar refractivity (Wildman–Crippen MR) is 195 cm³/mol. The van der Waals surface area contributed by atoms with Gasteiger partial charge in [0.25, 0.3) is 0 Å². The first kappa shape index (κ1) is 31.5. The summed E-state index contributed by atoms with van der Waals surface area (Å²) in [6.45, 7) is 20.1. The summed E-state index contributed by atoms with van der Waals surface area (Å²) in [5.41, 5.74) is 11.9. The Morgan fingerprint density at radius 3 is 1.50 bits per heavy atom. The number of allylic oxidation sites excluding steroid dienone is 4. The summed E-state index contributed by atoms with van der Waals surface area (Å²) < 4.78 is 3.95. The molecule has 0 unspecified atom stereocenters. The molecule has 0 saturated heterocycles. The van der Waals surface area contributed by atoms with E-state index >= 15 is 0 Å². The summed E-state index contributed by atoms with van der Waals surface area (Å²) in [5, 5.41) is 3.61. The van der Waals surface area contributed by atoms with Crippen molar-refractivity contribution in [3.8, 4) is 11.1 Å². The van der Waals surface area contributed by atoms with E-state index in [1.165, 1.54) is 39.8 Å². The minimum atomic E-state index is -2.77. The van der Waals surface area contributed by atoms with Gasteiger partial charge in [-0.25, -0.2) is 0 Å². The maximum atomic E-state index is 2.81. The molecular formula is C41H48Si2Zr. The van der Waals surface area contributed by atoms with E-state index in [4.69, 9.17) is 0 Å². The van der Waals surface area contributed by atoms with Gasteiger partial charge in [-0.15, -0.1) is 0 Å². The van der Waals surface area contributed by atoms with Gasteiger partial charge in [0.2, 0.25) is 0 Å². The molecule has 0 saturated carbocycles. The van der Waals surface area contributed by atoms with Crippen molar-refractivity contribution in [1.29, 1.82) is 0 Å². The van der Waals surface area contributed by atoms with Crippen LogP contribution in [0.1, 0.15) is 57.3 Å². The molecule has 0 heterocycles. The number of fused-ring (bicyclic) bond motifs is 3. The van der Waals surface area contributed by atoms with Crippen molar-refractivity contribution in [2.45, 2.75) is 76.0 Å². The quantitative estimate of drug-likeness (QED) is 0.162. The summed E-state index contributed by atoms with van der Waals surface area (Å²) in [4.78, 5) is 0. The number of aryl methyl sites for hydroxylation is 2. The fraction of sp³-hybridized carbons (Fsp3) is 0.293. The molecule has 4 aromatic carbocycles. The number of hydrogen-bond acceptors (Lipinski definition) is 0. The molecule has 0 N–H and O–H groups in total. The van der Waals surface area contributed by atoms with Crippen LogP contribution < -0.4 is 0 Å². The molecule has 3 heteroatoms. The molecule has 2 aliphatic rings. The van der Waals surface area contributed by atoms with E-state index < -0.39 is 37.4 Å². The van der Waals surface area contributed by atoms with Crippen molar-refractivity contribution in [3.63, 3.8) is 0 Å². The van der Waals surface area contributed by atoms with Crippen LogP contribution in [0.3, 0.4) is 0 Å². The Kier molecular flexibility index (Phi) is 8.88. The zero-order valence-corrected chi connectivity index (χ0v) is 32.5. The second kappa shape index (κ2) is 12.4. The Bertz CT molecular complexity index is 1700. The van der Waals surface area contributed by atoms with E-state index in [1.54, 1.807) is 19.5 Å². The van der Waals surface area contributed by atoms with E-state index in [9.17, 15) is 0 Å². The van der Waals surface area contributed by atoms with Gasteiger partial charge >= 0.3 is 278 Å². The van der Waals surface area contributed by atoms with Gasteiger partial charge in [0.15, 0.2) is 0 Å². The monoisotopic (exact) mass is 686 g/mol. The summed E-state index contributed by atoms with van der Waals surface area (Å²) in [6.07, 6.45) is 6.17. The Labute approximate surface area is 276 Å². The molecular weight excluding hydrogens is 640 g/mol. The van der Waals surface area contributed by atoms with Gasteiger partial charge in [0, 0.05) is 0 Å². The van der Waals surface area contributed by atoms with Crippen LogP contribution in [0.4, 0.5) is 0 Å². The van der Waals surface area contributed by atoms with E-state index in [0.717, 1.165) is 12.8 Å². The fourth-order valence-corrected chi connectivity index (χ4v) is 22.7. The molecule has 0 amide bonds. The standard InChI is InChI=1S/C17H17.C13H10.C11H21Si2.Zr/c1-3-12-5-7-16-14(9-12)11-15-10-13(4-2)6-8-17(15)16;1-3-7-12(8-4-1)11-13-9-5-2-6-10-13;1-12(2,3)10-8-7-9-11(10)13(4,5)6;/h5-11H,3-4H2,1-2H3;1-10H;8H,9H2,1-6H3;. The van der Waals surface area contributed by atoms with Crippen LogP contribution in [-0.4, -0.2) is 19.4 Å². The molecule has 6 rings (SSSR count). The van der Waals surface area contributed by atoms with Gasteiger partial charge in [0.05, 0.1) is 0 Å². The Morgan fingerprint density at radius 2 is 1.11 bits per heavy atom. The first-order valence-corrected chi connectivity index (χ1v) is 27.4. The molecule has 0 aromatic heterocycles. The molecule has 224 valence electrons. The topological polar surface area (TPSA) is 0 Å². The van der Waals surface area contributed by atoms with Crippen LogP contribution in [0.15, 0.2) is 117 Å². The molecule has 0 spiro atoms. The molecule has 0 nitrogen and oxygen atoms in total. The third-order valence-corrected chi connectivity index (χ3v) is 22.5. The summed E-state index contributed by atoms with van der Waals surface area (Å²) in [7, 11) is -3.04. The number of hydrogen-bond donors (Lipinski definition) is 0. The zero-order chi connectivity index (χ0) is 31.2. The van der Waals surface area contributed by atoms with Gasteiger partial charge in [-0.05, 0) is 0 Å². The SMILES string of the molecule is CCc1ccc2c(c1)[CH]([Zr]([C]1=CC([Si](C)(C)C)=C([Si](C)(C)C)C1)=[C](c1ccccc1)c1ccccc1)c1cc(CC)ccc1-2. The van der Waals surface area contributed by atoms with Gasteiger partial charge in [-0.1, -0.05) is 0 Å². The van der Waals surface area contributed by atoms with Crippen molar-refractivity contribution < 1.29 is 21.3 Å². The summed E-state index contributed by atoms with van der Waals surface area (Å²) in [5.74, 6) is 0. The van der Waals surface area contributed by atoms with Crippen LogP contribution in [-0.2, 0) is 34.1 Å². The van der Waals surface area contributed by atoms with Gasteiger partial charge in [0.1, 0.15) is 0 Å². The Hall–Kier alpha value is -2.45. The van der Waals surface area contributed by atoms with Crippen LogP contribution >= 0.6 is 0 Å². The predicted octanol–water partition coefficient (Wildman–Crippen LogP) is 11.1. The van der Waals surface area contributed by atoms with Crippen molar-refractivity contribution in [1.82, 2.24) is 0 Å². The Morgan fingerprint density at radius 1 is 0.636 bits per heavy atom. The Balaban J connectivity index is 1.75. The molecule has 0 bridgehead atoms. The first-order valence-electron chi connectivity index (χ1n) is 16.6. The number of benzene rings is 4. The normalized spacial score (nSPS) is 14.9. The average Bonchev–Trinajstić information content (AvgIpc) is 3.61. The second-order valence-corrected chi connectivity index (χ2v) is 31.1. The third kappa shape index (κ3) is 5.93. The van der Waals surface area contributed by atoms with Gasteiger partial charge in [-0.3, -0.25) is 0 Å². The minimum absolute atomic E-state index is 0.464. The average molecular weight is 688 g/mol. The molecule has 4 aromatic rings. The van der Waals surface area contributed by atoms with Crippen LogP contribution in [0.25, 0.3) is 11.1 Å². The molecule has 0 aliphatic heterocycles. The third-order valence-electron chi connectivity index (χ3n) is 9.71. The zero-order valence-electron chi connectivity index (χ0n) is 28.0. The van der Waals surface area contributed by atoms with Crippen molar-refractivity contribution >= 4 is 19.4 Å². The van der Waals surface area contributed by atoms with E-state index in [1.807, 2.05) is 8.48 Å². The molecule has 44 heavy (non-hydrogen) atoms. The van der Waals surface area contributed by atoms with Crippen molar-refractivity contribution in [3.05, 3.63) is 150 Å². The van der Waals surface area contributed by atoms with Crippen molar-refractivity contribution in [2.24, 2.45) is 0 Å². The van der Waals surface area contributed by atoms with E-state index in [0.29, 0.717) is 3.63 Å². The first-order chi connectivity index (χ1) is 21.0. The van der Waals surface area contributed by atoms with Crippen LogP contribution in [0.5, 0.6) is 0 Å². The van der Waals surface area contributed by atoms with Crippen LogP contribution in [0, 0.1) is 0 Å². The summed E-state index contributed by atoms with van der Waals surface area (Å²) in [6, 6.07) is 37.8.